The fourth-order valence-corrected chi connectivity index (χ4v) is 2.52. The summed E-state index contributed by atoms with van der Waals surface area (Å²) in [6, 6.07) is 1.51. The molecule has 0 unspecified atom stereocenters. The zero-order chi connectivity index (χ0) is 14.7. The Balaban J connectivity index is 2.05. The number of rotatable bonds is 5. The first-order chi connectivity index (χ1) is 9.47. The minimum Gasteiger partial charge on any atom is -0.364 e. The summed E-state index contributed by atoms with van der Waals surface area (Å²) in [6.07, 6.45) is 1.26. The van der Waals surface area contributed by atoms with Crippen LogP contribution in [-0.4, -0.2) is 14.9 Å². The molecule has 0 aliphatic heterocycles. The Labute approximate surface area is 121 Å². The van der Waals surface area contributed by atoms with Crippen LogP contribution >= 0.6 is 11.3 Å². The second kappa shape index (κ2) is 5.96. The summed E-state index contributed by atoms with van der Waals surface area (Å²) in [5.74, 6) is 1.07. The Morgan fingerprint density at radius 3 is 2.80 bits per heavy atom. The predicted molar refractivity (Wildman–Crippen MR) is 79.2 cm³/mol. The molecular formula is C13H16N4O2S. The summed E-state index contributed by atoms with van der Waals surface area (Å²) in [7, 11) is 0. The highest BCUT2D eigenvalue weighted by Crippen LogP contribution is 2.21. The maximum atomic E-state index is 10.6. The van der Waals surface area contributed by atoms with Crippen LogP contribution < -0.4 is 5.32 Å². The summed E-state index contributed by atoms with van der Waals surface area (Å²) in [5.41, 5.74) is 1.71. The standard InChI is InChI=1S/C13H16N4O2S/c1-8(2)13-16-10(7-20-13)5-14-12-9(3)4-11(6-15-12)17(18)19/h4,6-8H,5H2,1-3H3,(H,14,15). The predicted octanol–water partition coefficient (Wildman–Crippen LogP) is 3.49. The van der Waals surface area contributed by atoms with E-state index in [9.17, 15) is 10.1 Å². The van der Waals surface area contributed by atoms with Crippen molar-refractivity contribution in [3.63, 3.8) is 0 Å². The Morgan fingerprint density at radius 2 is 2.25 bits per heavy atom. The van der Waals surface area contributed by atoms with Crippen LogP contribution in [0.1, 0.15) is 36.0 Å². The zero-order valence-corrected chi connectivity index (χ0v) is 12.4. The Hall–Kier alpha value is -2.02. The van der Waals surface area contributed by atoms with Crippen molar-refractivity contribution in [3.05, 3.63) is 44.0 Å². The van der Waals surface area contributed by atoms with Gasteiger partial charge in [0.15, 0.2) is 0 Å². The van der Waals surface area contributed by atoms with Crippen LogP contribution in [-0.2, 0) is 6.54 Å². The molecule has 2 aromatic rings. The third-order valence-electron chi connectivity index (χ3n) is 2.78. The molecule has 0 fully saturated rings. The lowest BCUT2D eigenvalue weighted by Crippen LogP contribution is -2.04. The van der Waals surface area contributed by atoms with Gasteiger partial charge in [-0.2, -0.15) is 0 Å². The molecule has 20 heavy (non-hydrogen) atoms. The fraction of sp³-hybridized carbons (Fsp3) is 0.385. The van der Waals surface area contributed by atoms with E-state index in [1.54, 1.807) is 18.3 Å². The van der Waals surface area contributed by atoms with Gasteiger partial charge < -0.3 is 5.32 Å². The van der Waals surface area contributed by atoms with Crippen molar-refractivity contribution >= 4 is 22.8 Å². The highest BCUT2D eigenvalue weighted by atomic mass is 32.1. The van der Waals surface area contributed by atoms with Gasteiger partial charge in [-0.25, -0.2) is 9.97 Å². The average Bonchev–Trinajstić information content (AvgIpc) is 2.86. The van der Waals surface area contributed by atoms with E-state index in [1.165, 1.54) is 12.3 Å². The van der Waals surface area contributed by atoms with E-state index in [2.05, 4.69) is 29.1 Å². The Kier molecular flexibility index (Phi) is 4.29. The second-order valence-electron chi connectivity index (χ2n) is 4.80. The van der Waals surface area contributed by atoms with Crippen molar-refractivity contribution in [2.75, 3.05) is 5.32 Å². The summed E-state index contributed by atoms with van der Waals surface area (Å²) in [5, 5.41) is 16.9. The van der Waals surface area contributed by atoms with Crippen LogP contribution in [0.15, 0.2) is 17.6 Å². The number of hydrogen-bond donors (Lipinski definition) is 1. The number of nitrogens with one attached hydrogen (secondary N) is 1. The summed E-state index contributed by atoms with van der Waals surface area (Å²) in [6.45, 7) is 6.58. The molecule has 0 saturated carbocycles. The lowest BCUT2D eigenvalue weighted by Gasteiger charge is -2.06. The van der Waals surface area contributed by atoms with Crippen molar-refractivity contribution < 1.29 is 4.92 Å². The molecule has 0 aliphatic carbocycles. The Bertz CT molecular complexity index is 625. The molecule has 0 amide bonds. The molecule has 6 nitrogen and oxygen atoms in total. The third-order valence-corrected chi connectivity index (χ3v) is 3.97. The lowest BCUT2D eigenvalue weighted by atomic mass is 10.2. The van der Waals surface area contributed by atoms with E-state index in [0.29, 0.717) is 18.3 Å². The molecule has 1 N–H and O–H groups in total. The molecule has 0 atom stereocenters. The molecule has 2 aromatic heterocycles. The van der Waals surface area contributed by atoms with E-state index in [1.807, 2.05) is 5.38 Å². The first-order valence-electron chi connectivity index (χ1n) is 6.26. The number of thiazole rings is 1. The van der Waals surface area contributed by atoms with E-state index in [0.717, 1.165) is 16.3 Å². The maximum absolute atomic E-state index is 10.6. The number of anilines is 1. The van der Waals surface area contributed by atoms with Gasteiger partial charge in [0.05, 0.1) is 22.2 Å². The number of hydrogen-bond acceptors (Lipinski definition) is 6. The number of nitro groups is 1. The van der Waals surface area contributed by atoms with Crippen LogP contribution in [0.25, 0.3) is 0 Å². The molecule has 0 aromatic carbocycles. The molecule has 7 heteroatoms. The first kappa shape index (κ1) is 14.4. The second-order valence-corrected chi connectivity index (χ2v) is 5.69. The number of aromatic nitrogens is 2. The molecular weight excluding hydrogens is 276 g/mol. The maximum Gasteiger partial charge on any atom is 0.287 e. The van der Waals surface area contributed by atoms with E-state index < -0.39 is 4.92 Å². The van der Waals surface area contributed by atoms with E-state index in [-0.39, 0.29) is 5.69 Å². The van der Waals surface area contributed by atoms with Crippen LogP contribution in [0.5, 0.6) is 0 Å². The topological polar surface area (TPSA) is 81.0 Å². The van der Waals surface area contributed by atoms with Gasteiger partial charge in [-0.05, 0) is 12.5 Å². The van der Waals surface area contributed by atoms with E-state index in [4.69, 9.17) is 0 Å². The zero-order valence-electron chi connectivity index (χ0n) is 11.6. The largest absolute Gasteiger partial charge is 0.364 e. The van der Waals surface area contributed by atoms with Gasteiger partial charge in [-0.1, -0.05) is 13.8 Å². The fourth-order valence-electron chi connectivity index (χ4n) is 1.69. The normalized spacial score (nSPS) is 10.8. The highest BCUT2D eigenvalue weighted by Gasteiger charge is 2.10. The van der Waals surface area contributed by atoms with Gasteiger partial charge >= 0.3 is 0 Å². The van der Waals surface area contributed by atoms with Gasteiger partial charge in [0.1, 0.15) is 12.0 Å². The van der Waals surface area contributed by atoms with Crippen LogP contribution in [0.2, 0.25) is 0 Å². The minimum absolute atomic E-state index is 0.00352. The van der Waals surface area contributed by atoms with Crippen LogP contribution in [0.4, 0.5) is 11.5 Å². The molecule has 0 radical (unpaired) electrons. The molecule has 0 aliphatic rings. The van der Waals surface area contributed by atoms with Gasteiger partial charge in [0, 0.05) is 17.4 Å². The molecule has 0 spiro atoms. The summed E-state index contributed by atoms with van der Waals surface area (Å²) in [4.78, 5) is 18.8. The third kappa shape index (κ3) is 3.30. The first-order valence-corrected chi connectivity index (χ1v) is 7.14. The average molecular weight is 292 g/mol. The van der Waals surface area contributed by atoms with Crippen LogP contribution in [0.3, 0.4) is 0 Å². The molecule has 0 bridgehead atoms. The SMILES string of the molecule is Cc1cc([N+](=O)[O-])cnc1NCc1csc(C(C)C)n1. The smallest absolute Gasteiger partial charge is 0.287 e. The molecule has 2 heterocycles. The quantitative estimate of drug-likeness (QED) is 0.674. The number of aryl methyl sites for hydroxylation is 1. The van der Waals surface area contributed by atoms with E-state index >= 15 is 0 Å². The van der Waals surface area contributed by atoms with Gasteiger partial charge in [-0.3, -0.25) is 10.1 Å². The summed E-state index contributed by atoms with van der Waals surface area (Å²) < 4.78 is 0. The monoisotopic (exact) mass is 292 g/mol. The van der Waals surface area contributed by atoms with Crippen LogP contribution in [0, 0.1) is 17.0 Å². The number of pyridine rings is 1. The van der Waals surface area contributed by atoms with Crippen molar-refractivity contribution in [3.8, 4) is 0 Å². The van der Waals surface area contributed by atoms with Crippen molar-refractivity contribution in [2.24, 2.45) is 0 Å². The minimum atomic E-state index is -0.445. The highest BCUT2D eigenvalue weighted by molar-refractivity contribution is 7.09. The van der Waals surface area contributed by atoms with Gasteiger partial charge in [-0.15, -0.1) is 11.3 Å². The molecule has 2 rings (SSSR count). The van der Waals surface area contributed by atoms with Gasteiger partial charge in [0.2, 0.25) is 0 Å². The van der Waals surface area contributed by atoms with Gasteiger partial charge in [0.25, 0.3) is 5.69 Å². The molecule has 0 saturated heterocycles. The molecule has 106 valence electrons. The van der Waals surface area contributed by atoms with Crippen molar-refractivity contribution in [2.45, 2.75) is 33.2 Å². The lowest BCUT2D eigenvalue weighted by molar-refractivity contribution is -0.385. The Morgan fingerprint density at radius 1 is 1.50 bits per heavy atom. The number of nitrogens with zero attached hydrogens (tertiary/aromatic N) is 3. The van der Waals surface area contributed by atoms with Crippen molar-refractivity contribution in [1.29, 1.82) is 0 Å². The van der Waals surface area contributed by atoms with Crippen molar-refractivity contribution in [1.82, 2.24) is 9.97 Å². The summed E-state index contributed by atoms with van der Waals surface area (Å²) >= 11 is 1.64.